The maximum Gasteiger partial charge on any atom is 0.269 e. The van der Waals surface area contributed by atoms with Gasteiger partial charge in [-0.3, -0.25) is 14.9 Å². The lowest BCUT2D eigenvalue weighted by Gasteiger charge is -2.38. The summed E-state index contributed by atoms with van der Waals surface area (Å²) in [6.45, 7) is 2.76. The number of nitro benzene ring substituents is 1. The third kappa shape index (κ3) is 3.32. The second-order valence-corrected chi connectivity index (χ2v) is 8.23. The zero-order valence-corrected chi connectivity index (χ0v) is 16.7. The van der Waals surface area contributed by atoms with Crippen molar-refractivity contribution in [2.75, 3.05) is 31.1 Å². The van der Waals surface area contributed by atoms with E-state index in [0.29, 0.717) is 13.1 Å². The molecule has 8 nitrogen and oxygen atoms in total. The molecule has 0 spiro atoms. The fourth-order valence-electron chi connectivity index (χ4n) is 5.03. The summed E-state index contributed by atoms with van der Waals surface area (Å²) in [6.07, 6.45) is 2.01. The average Bonchev–Trinajstić information content (AvgIpc) is 3.23. The average molecular weight is 407 g/mol. The molecule has 2 aromatic carbocycles. The van der Waals surface area contributed by atoms with Crippen LogP contribution in [0.2, 0.25) is 0 Å². The summed E-state index contributed by atoms with van der Waals surface area (Å²) >= 11 is 0. The third-order valence-electron chi connectivity index (χ3n) is 6.67. The zero-order chi connectivity index (χ0) is 20.7. The van der Waals surface area contributed by atoms with Crippen LogP contribution < -0.4 is 15.8 Å². The van der Waals surface area contributed by atoms with Crippen molar-refractivity contribution in [3.05, 3.63) is 69.8 Å². The summed E-state index contributed by atoms with van der Waals surface area (Å²) in [7, 11) is 0. The molecule has 2 aliphatic heterocycles. The van der Waals surface area contributed by atoms with E-state index in [4.69, 9.17) is 0 Å². The number of benzene rings is 2. The smallest absolute Gasteiger partial charge is 0.269 e. The molecule has 1 amide bonds. The highest BCUT2D eigenvalue weighted by molar-refractivity contribution is 5.83. The van der Waals surface area contributed by atoms with E-state index in [1.807, 2.05) is 4.90 Å². The molecule has 2 aromatic rings. The molecule has 0 bridgehead atoms. The second kappa shape index (κ2) is 7.70. The minimum absolute atomic E-state index is 0.0935. The lowest BCUT2D eigenvalue weighted by molar-refractivity contribution is -0.384. The Morgan fingerprint density at radius 3 is 2.47 bits per heavy atom. The Morgan fingerprint density at radius 2 is 1.73 bits per heavy atom. The minimum Gasteiger partial charge on any atom is -0.368 e. The van der Waals surface area contributed by atoms with Crippen LogP contribution in [0.25, 0.3) is 0 Å². The van der Waals surface area contributed by atoms with Crippen LogP contribution in [0.3, 0.4) is 0 Å². The number of hydrogen-bond donors (Lipinski definition) is 2. The predicted octanol–water partition coefficient (Wildman–Crippen LogP) is 2.02. The number of piperazine rings is 1. The van der Waals surface area contributed by atoms with Crippen molar-refractivity contribution in [2.24, 2.45) is 5.92 Å². The molecule has 3 unspecified atom stereocenters. The number of rotatable bonds is 3. The number of carbonyl (C=O) groups excluding carboxylic acids is 1. The number of nitrogens with one attached hydrogen (secondary N) is 2. The summed E-state index contributed by atoms with van der Waals surface area (Å²) in [4.78, 5) is 27.8. The molecule has 3 atom stereocenters. The molecule has 2 N–H and O–H groups in total. The predicted molar refractivity (Wildman–Crippen MR) is 113 cm³/mol. The number of aryl methyl sites for hydroxylation is 1. The Morgan fingerprint density at radius 1 is 1.00 bits per heavy atom. The van der Waals surface area contributed by atoms with Crippen LogP contribution in [0, 0.1) is 16.0 Å². The highest BCUT2D eigenvalue weighted by atomic mass is 16.6. The Balaban J connectivity index is 1.22. The van der Waals surface area contributed by atoms with Gasteiger partial charge < -0.3 is 9.80 Å². The van der Waals surface area contributed by atoms with Gasteiger partial charge in [0.05, 0.1) is 11.0 Å². The highest BCUT2D eigenvalue weighted by Gasteiger charge is 2.44. The van der Waals surface area contributed by atoms with Gasteiger partial charge in [-0.25, -0.2) is 10.9 Å². The van der Waals surface area contributed by atoms with Crippen LogP contribution in [0.15, 0.2) is 48.5 Å². The fraction of sp³-hybridized carbons (Fsp3) is 0.409. The lowest BCUT2D eigenvalue weighted by atomic mass is 9.77. The molecular formula is C22H25N5O3. The standard InChI is InChI=1S/C22H25N5O3/c28-22(21-19-10-5-15-3-1-2-4-18(15)20(19)23-24-21)26-13-11-25(12-14-26)16-6-8-17(9-7-16)27(29)30/h1-4,6-9,19-21,23-24H,5,10-14H2. The topological polar surface area (TPSA) is 90.8 Å². The van der Waals surface area contributed by atoms with Gasteiger partial charge in [0.2, 0.25) is 5.91 Å². The summed E-state index contributed by atoms with van der Waals surface area (Å²) < 4.78 is 0. The van der Waals surface area contributed by atoms with Gasteiger partial charge >= 0.3 is 0 Å². The van der Waals surface area contributed by atoms with E-state index in [1.165, 1.54) is 23.3 Å². The van der Waals surface area contributed by atoms with Crippen LogP contribution >= 0.6 is 0 Å². The number of fused-ring (bicyclic) bond motifs is 3. The Labute approximate surface area is 175 Å². The van der Waals surface area contributed by atoms with Crippen LogP contribution in [-0.2, 0) is 11.2 Å². The number of nitro groups is 1. The van der Waals surface area contributed by atoms with Gasteiger partial charge in [0, 0.05) is 49.9 Å². The number of hydrazine groups is 1. The van der Waals surface area contributed by atoms with Gasteiger partial charge in [-0.2, -0.15) is 0 Å². The van der Waals surface area contributed by atoms with Crippen molar-refractivity contribution in [1.82, 2.24) is 15.8 Å². The third-order valence-corrected chi connectivity index (χ3v) is 6.67. The molecule has 2 saturated heterocycles. The molecule has 0 aromatic heterocycles. The van der Waals surface area contributed by atoms with Gasteiger partial charge in [-0.05, 0) is 36.1 Å². The van der Waals surface area contributed by atoms with E-state index in [-0.39, 0.29) is 34.5 Å². The van der Waals surface area contributed by atoms with E-state index in [2.05, 4.69) is 40.0 Å². The van der Waals surface area contributed by atoms with E-state index in [9.17, 15) is 14.9 Å². The normalized spacial score (nSPS) is 25.5. The Bertz CT molecular complexity index is 956. The largest absolute Gasteiger partial charge is 0.368 e. The summed E-state index contributed by atoms with van der Waals surface area (Å²) in [5.74, 6) is 0.429. The molecule has 2 fully saturated rings. The maximum atomic E-state index is 13.3. The van der Waals surface area contributed by atoms with Crippen LogP contribution in [0.1, 0.15) is 23.6 Å². The SMILES string of the molecule is O=C(C1NNC2c3ccccc3CCC12)N1CCN(c2ccc([N+](=O)[O-])cc2)CC1. The molecule has 0 radical (unpaired) electrons. The van der Waals surface area contributed by atoms with E-state index >= 15 is 0 Å². The van der Waals surface area contributed by atoms with E-state index in [1.54, 1.807) is 12.1 Å². The summed E-state index contributed by atoms with van der Waals surface area (Å²) in [5, 5.41) is 10.8. The molecule has 5 rings (SSSR count). The summed E-state index contributed by atoms with van der Waals surface area (Å²) in [6, 6.07) is 15.1. The van der Waals surface area contributed by atoms with Crippen molar-refractivity contribution >= 4 is 17.3 Å². The van der Waals surface area contributed by atoms with E-state index < -0.39 is 0 Å². The number of carbonyl (C=O) groups is 1. The van der Waals surface area contributed by atoms with Crippen molar-refractivity contribution in [3.63, 3.8) is 0 Å². The molecular weight excluding hydrogens is 382 g/mol. The fourth-order valence-corrected chi connectivity index (χ4v) is 5.03. The zero-order valence-electron chi connectivity index (χ0n) is 16.7. The van der Waals surface area contributed by atoms with E-state index in [0.717, 1.165) is 31.6 Å². The first-order chi connectivity index (χ1) is 14.6. The first kappa shape index (κ1) is 19.0. The lowest BCUT2D eigenvalue weighted by Crippen LogP contribution is -2.55. The highest BCUT2D eigenvalue weighted by Crippen LogP contribution is 2.39. The molecule has 30 heavy (non-hydrogen) atoms. The van der Waals surface area contributed by atoms with Crippen molar-refractivity contribution in [1.29, 1.82) is 0 Å². The van der Waals surface area contributed by atoms with Gasteiger partial charge in [0.1, 0.15) is 6.04 Å². The first-order valence-electron chi connectivity index (χ1n) is 10.5. The number of anilines is 1. The van der Waals surface area contributed by atoms with Gasteiger partial charge in [-0.15, -0.1) is 0 Å². The van der Waals surface area contributed by atoms with Gasteiger partial charge in [0.15, 0.2) is 0 Å². The molecule has 8 heteroatoms. The van der Waals surface area contributed by atoms with Crippen LogP contribution in [-0.4, -0.2) is 48.0 Å². The van der Waals surface area contributed by atoms with Crippen molar-refractivity contribution in [3.8, 4) is 0 Å². The molecule has 3 aliphatic rings. The second-order valence-electron chi connectivity index (χ2n) is 8.23. The molecule has 1 aliphatic carbocycles. The number of nitrogens with zero attached hydrogens (tertiary/aromatic N) is 3. The van der Waals surface area contributed by atoms with Gasteiger partial charge in [-0.1, -0.05) is 24.3 Å². The molecule has 2 heterocycles. The van der Waals surface area contributed by atoms with Crippen LogP contribution in [0.4, 0.5) is 11.4 Å². The Hall–Kier alpha value is -2.97. The van der Waals surface area contributed by atoms with Crippen molar-refractivity contribution in [2.45, 2.75) is 24.9 Å². The number of hydrogen-bond acceptors (Lipinski definition) is 6. The maximum absolute atomic E-state index is 13.3. The summed E-state index contributed by atoms with van der Waals surface area (Å²) in [5.41, 5.74) is 10.4. The molecule has 0 saturated carbocycles. The number of amides is 1. The van der Waals surface area contributed by atoms with Crippen molar-refractivity contribution < 1.29 is 9.72 Å². The number of non-ortho nitro benzene ring substituents is 1. The first-order valence-corrected chi connectivity index (χ1v) is 10.5. The monoisotopic (exact) mass is 407 g/mol. The Kier molecular flexibility index (Phi) is 4.88. The van der Waals surface area contributed by atoms with Gasteiger partial charge in [0.25, 0.3) is 5.69 Å². The quantitative estimate of drug-likeness (QED) is 0.598. The van der Waals surface area contributed by atoms with Crippen LogP contribution in [0.5, 0.6) is 0 Å². The minimum atomic E-state index is -0.389. The molecule has 156 valence electrons.